The summed E-state index contributed by atoms with van der Waals surface area (Å²) < 4.78 is 6.64. The molecule has 0 bridgehead atoms. The molecule has 1 saturated heterocycles. The molecule has 5 nitrogen and oxygen atoms in total. The topological polar surface area (TPSA) is 66.2 Å². The smallest absolute Gasteiger partial charge is 0.338 e. The van der Waals surface area contributed by atoms with Crippen LogP contribution in [-0.4, -0.2) is 30.1 Å². The monoisotopic (exact) mass is 335 g/mol. The van der Waals surface area contributed by atoms with Gasteiger partial charge in [0.1, 0.15) is 6.10 Å². The van der Waals surface area contributed by atoms with Crippen LogP contribution in [0.2, 0.25) is 0 Å². The van der Waals surface area contributed by atoms with E-state index >= 15 is 0 Å². The van der Waals surface area contributed by atoms with Crippen molar-refractivity contribution < 1.29 is 9.53 Å². The molecule has 2 aromatic carbocycles. The summed E-state index contributed by atoms with van der Waals surface area (Å²) in [5.74, 6) is -0.388. The maximum absolute atomic E-state index is 12.1. The predicted molar refractivity (Wildman–Crippen MR) is 92.2 cm³/mol. The fourth-order valence-electron chi connectivity index (χ4n) is 2.60. The van der Waals surface area contributed by atoms with Crippen LogP contribution in [0.1, 0.15) is 15.9 Å². The maximum Gasteiger partial charge on any atom is 0.338 e. The zero-order valence-corrected chi connectivity index (χ0v) is 13.5. The quantitative estimate of drug-likeness (QED) is 0.688. The largest absolute Gasteiger partial charge is 0.455 e. The lowest BCUT2D eigenvalue weighted by Gasteiger charge is -2.38. The van der Waals surface area contributed by atoms with Gasteiger partial charge in [-0.3, -0.25) is 0 Å². The minimum Gasteiger partial charge on any atom is -0.455 e. The molecule has 0 atom stereocenters. The van der Waals surface area contributed by atoms with E-state index in [4.69, 9.17) is 10.00 Å². The first-order valence-electron chi connectivity index (χ1n) is 7.54. The van der Waals surface area contributed by atoms with Crippen LogP contribution in [0.5, 0.6) is 0 Å². The Balaban J connectivity index is 1.39. The van der Waals surface area contributed by atoms with E-state index in [-0.39, 0.29) is 12.1 Å². The van der Waals surface area contributed by atoms with Crippen molar-refractivity contribution in [3.8, 4) is 6.07 Å². The molecule has 1 fully saturated rings. The minimum absolute atomic E-state index is 0.143. The van der Waals surface area contributed by atoms with Crippen molar-refractivity contribution in [1.29, 1.82) is 5.26 Å². The first kappa shape index (κ1) is 14.7. The van der Waals surface area contributed by atoms with Gasteiger partial charge in [-0.25, -0.2) is 9.78 Å². The highest BCUT2D eigenvalue weighted by atomic mass is 32.1. The number of hydrogen-bond donors (Lipinski definition) is 0. The van der Waals surface area contributed by atoms with Gasteiger partial charge in [-0.15, -0.1) is 0 Å². The summed E-state index contributed by atoms with van der Waals surface area (Å²) in [5, 5.41) is 9.84. The molecule has 1 aliphatic rings. The summed E-state index contributed by atoms with van der Waals surface area (Å²) >= 11 is 1.64. The molecule has 1 aliphatic heterocycles. The summed E-state index contributed by atoms with van der Waals surface area (Å²) in [7, 11) is 0. The molecule has 0 unspecified atom stereocenters. The molecule has 118 valence electrons. The number of nitriles is 1. The third-order valence-corrected chi connectivity index (χ3v) is 5.00. The van der Waals surface area contributed by atoms with Crippen molar-refractivity contribution in [2.45, 2.75) is 6.10 Å². The third-order valence-electron chi connectivity index (χ3n) is 3.90. The van der Waals surface area contributed by atoms with E-state index in [1.54, 1.807) is 35.6 Å². The zero-order chi connectivity index (χ0) is 16.5. The van der Waals surface area contributed by atoms with E-state index in [0.717, 1.165) is 15.3 Å². The molecule has 1 aromatic heterocycles. The number of nitrogens with zero attached hydrogens (tertiary/aromatic N) is 3. The van der Waals surface area contributed by atoms with E-state index in [1.807, 2.05) is 24.3 Å². The SMILES string of the molecule is N#Cc1cccc(C(=O)OC2CN(c3nc4ccccc4s3)C2)c1. The van der Waals surface area contributed by atoms with Gasteiger partial charge in [-0.05, 0) is 30.3 Å². The van der Waals surface area contributed by atoms with Gasteiger partial charge in [0.2, 0.25) is 0 Å². The Hall–Kier alpha value is -2.91. The van der Waals surface area contributed by atoms with Crippen LogP contribution < -0.4 is 4.90 Å². The Kier molecular flexibility index (Phi) is 3.63. The van der Waals surface area contributed by atoms with Gasteiger partial charge in [-0.2, -0.15) is 5.26 Å². The Morgan fingerprint density at radius 3 is 2.88 bits per heavy atom. The van der Waals surface area contributed by atoms with E-state index in [2.05, 4.69) is 16.0 Å². The number of thiazole rings is 1. The van der Waals surface area contributed by atoms with Crippen LogP contribution in [0.3, 0.4) is 0 Å². The zero-order valence-electron chi connectivity index (χ0n) is 12.7. The Labute approximate surface area is 142 Å². The normalized spacial score (nSPS) is 14.2. The number of hydrogen-bond acceptors (Lipinski definition) is 6. The van der Waals surface area contributed by atoms with E-state index in [0.29, 0.717) is 24.2 Å². The second-order valence-corrected chi connectivity index (χ2v) is 6.60. The van der Waals surface area contributed by atoms with Crippen molar-refractivity contribution >= 4 is 32.7 Å². The first-order chi connectivity index (χ1) is 11.7. The van der Waals surface area contributed by atoms with Gasteiger partial charge in [0, 0.05) is 0 Å². The Morgan fingerprint density at radius 2 is 2.08 bits per heavy atom. The summed E-state index contributed by atoms with van der Waals surface area (Å²) in [6, 6.07) is 16.6. The molecule has 6 heteroatoms. The van der Waals surface area contributed by atoms with Crippen molar-refractivity contribution in [2.75, 3.05) is 18.0 Å². The number of aromatic nitrogens is 1. The molecule has 0 aliphatic carbocycles. The fraction of sp³-hybridized carbons (Fsp3) is 0.167. The standard InChI is InChI=1S/C18H13N3O2S/c19-9-12-4-3-5-13(8-12)17(22)23-14-10-21(11-14)18-20-15-6-1-2-7-16(15)24-18/h1-8,14H,10-11H2. The number of fused-ring (bicyclic) bond motifs is 1. The second-order valence-electron chi connectivity index (χ2n) is 5.59. The van der Waals surface area contributed by atoms with Gasteiger partial charge in [0.05, 0.1) is 40.5 Å². The molecule has 3 aromatic rings. The third kappa shape index (κ3) is 2.70. The average Bonchev–Trinajstić information content (AvgIpc) is 3.01. The molecule has 0 spiro atoms. The molecule has 4 rings (SSSR count). The number of anilines is 1. The lowest BCUT2D eigenvalue weighted by Crippen LogP contribution is -2.53. The number of carbonyl (C=O) groups excluding carboxylic acids is 1. The predicted octanol–water partition coefficient (Wildman–Crippen LogP) is 3.21. The molecule has 0 amide bonds. The highest BCUT2D eigenvalue weighted by Crippen LogP contribution is 2.31. The molecule has 0 saturated carbocycles. The lowest BCUT2D eigenvalue weighted by atomic mass is 10.1. The molecular formula is C18H13N3O2S. The van der Waals surface area contributed by atoms with Crippen LogP contribution in [0, 0.1) is 11.3 Å². The van der Waals surface area contributed by atoms with Crippen LogP contribution >= 0.6 is 11.3 Å². The molecule has 24 heavy (non-hydrogen) atoms. The molecule has 0 radical (unpaired) electrons. The highest BCUT2D eigenvalue weighted by Gasteiger charge is 2.32. The number of carbonyl (C=O) groups is 1. The van der Waals surface area contributed by atoms with Crippen molar-refractivity contribution in [2.24, 2.45) is 0 Å². The van der Waals surface area contributed by atoms with Gasteiger partial charge >= 0.3 is 5.97 Å². The number of benzene rings is 2. The minimum atomic E-state index is -0.388. The highest BCUT2D eigenvalue weighted by molar-refractivity contribution is 7.22. The molecule has 2 heterocycles. The molecule has 0 N–H and O–H groups in total. The van der Waals surface area contributed by atoms with E-state index in [9.17, 15) is 4.79 Å². The summed E-state index contributed by atoms with van der Waals surface area (Å²) in [6.45, 7) is 1.28. The van der Waals surface area contributed by atoms with Crippen LogP contribution in [-0.2, 0) is 4.74 Å². The summed E-state index contributed by atoms with van der Waals surface area (Å²) in [6.07, 6.45) is -0.143. The number of ether oxygens (including phenoxy) is 1. The fourth-order valence-corrected chi connectivity index (χ4v) is 3.58. The average molecular weight is 335 g/mol. The van der Waals surface area contributed by atoms with Crippen molar-refractivity contribution in [1.82, 2.24) is 4.98 Å². The van der Waals surface area contributed by atoms with Crippen molar-refractivity contribution in [3.63, 3.8) is 0 Å². The van der Waals surface area contributed by atoms with Crippen LogP contribution in [0.4, 0.5) is 5.13 Å². The second kappa shape index (κ2) is 5.95. The van der Waals surface area contributed by atoms with Gasteiger partial charge in [0.25, 0.3) is 0 Å². The van der Waals surface area contributed by atoms with Crippen LogP contribution in [0.25, 0.3) is 10.2 Å². The maximum atomic E-state index is 12.1. The Morgan fingerprint density at radius 1 is 1.25 bits per heavy atom. The molecular weight excluding hydrogens is 322 g/mol. The van der Waals surface area contributed by atoms with Crippen LogP contribution in [0.15, 0.2) is 48.5 Å². The van der Waals surface area contributed by atoms with Crippen molar-refractivity contribution in [3.05, 3.63) is 59.7 Å². The summed E-state index contributed by atoms with van der Waals surface area (Å²) in [5.41, 5.74) is 1.85. The van der Waals surface area contributed by atoms with Gasteiger partial charge in [-0.1, -0.05) is 29.5 Å². The number of esters is 1. The Bertz CT molecular complexity index is 921. The van der Waals surface area contributed by atoms with E-state index < -0.39 is 0 Å². The lowest BCUT2D eigenvalue weighted by molar-refractivity contribution is 0.0234. The number of rotatable bonds is 3. The summed E-state index contributed by atoms with van der Waals surface area (Å²) in [4.78, 5) is 18.8. The first-order valence-corrected chi connectivity index (χ1v) is 8.36. The van der Waals surface area contributed by atoms with E-state index in [1.165, 1.54) is 0 Å². The van der Waals surface area contributed by atoms with Gasteiger partial charge < -0.3 is 9.64 Å². The number of para-hydroxylation sites is 1. The van der Waals surface area contributed by atoms with Gasteiger partial charge in [0.15, 0.2) is 5.13 Å².